The van der Waals surface area contributed by atoms with Gasteiger partial charge in [-0.2, -0.15) is 0 Å². The summed E-state index contributed by atoms with van der Waals surface area (Å²) in [6.45, 7) is 4.25. The van der Waals surface area contributed by atoms with Crippen LogP contribution in [0.25, 0.3) is 0 Å². The molecule has 0 heterocycles. The number of rotatable bonds is 6. The molecule has 21 heavy (non-hydrogen) atoms. The van der Waals surface area contributed by atoms with Gasteiger partial charge in [0.2, 0.25) is 0 Å². The lowest BCUT2D eigenvalue weighted by molar-refractivity contribution is 0.496. The van der Waals surface area contributed by atoms with Crippen molar-refractivity contribution in [3.63, 3.8) is 0 Å². The third-order valence-corrected chi connectivity index (χ3v) is 4.38. The molecule has 0 aromatic heterocycles. The van der Waals surface area contributed by atoms with Crippen molar-refractivity contribution in [2.75, 3.05) is 12.3 Å². The van der Waals surface area contributed by atoms with Gasteiger partial charge in [-0.05, 0) is 37.2 Å². The van der Waals surface area contributed by atoms with Gasteiger partial charge in [0, 0.05) is 22.3 Å². The van der Waals surface area contributed by atoms with Crippen LogP contribution in [-0.2, 0) is 0 Å². The van der Waals surface area contributed by atoms with Gasteiger partial charge in [-0.15, -0.1) is 11.8 Å². The summed E-state index contributed by atoms with van der Waals surface area (Å²) < 4.78 is 28.3. The predicted molar refractivity (Wildman–Crippen MR) is 84.7 cm³/mol. The summed E-state index contributed by atoms with van der Waals surface area (Å²) >= 11 is 1.59. The minimum Gasteiger partial charge on any atom is -0.309 e. The number of aryl methyl sites for hydroxylation is 1. The minimum atomic E-state index is -0.488. The molecule has 112 valence electrons. The molecule has 1 nitrogen and oxygen atoms in total. The molecule has 2 rings (SSSR count). The van der Waals surface area contributed by atoms with Crippen LogP contribution < -0.4 is 5.32 Å². The fourth-order valence-corrected chi connectivity index (χ4v) is 3.18. The van der Waals surface area contributed by atoms with Crippen molar-refractivity contribution in [1.82, 2.24) is 5.32 Å². The van der Waals surface area contributed by atoms with E-state index in [1.165, 1.54) is 12.1 Å². The van der Waals surface area contributed by atoms with Crippen LogP contribution in [0.4, 0.5) is 8.78 Å². The minimum absolute atomic E-state index is 0.139. The number of nitrogens with one attached hydrogen (secondary N) is 1. The lowest BCUT2D eigenvalue weighted by atomic mass is 10.0. The lowest BCUT2D eigenvalue weighted by Gasteiger charge is -2.20. The largest absolute Gasteiger partial charge is 0.309 e. The van der Waals surface area contributed by atoms with Crippen molar-refractivity contribution in [2.24, 2.45) is 0 Å². The first-order valence-corrected chi connectivity index (χ1v) is 7.97. The predicted octanol–water partition coefficient (Wildman–Crippen LogP) is 4.72. The zero-order valence-corrected chi connectivity index (χ0v) is 13.0. The summed E-state index contributed by atoms with van der Waals surface area (Å²) in [5.74, 6) is -0.359. The van der Waals surface area contributed by atoms with Gasteiger partial charge in [0.25, 0.3) is 0 Å². The molecule has 0 aliphatic heterocycles. The van der Waals surface area contributed by atoms with Gasteiger partial charge in [0.15, 0.2) is 0 Å². The van der Waals surface area contributed by atoms with E-state index in [0.717, 1.165) is 4.90 Å². The third-order valence-electron chi connectivity index (χ3n) is 3.28. The van der Waals surface area contributed by atoms with Gasteiger partial charge in [0.05, 0.1) is 0 Å². The second-order valence-electron chi connectivity index (χ2n) is 4.83. The molecule has 2 aromatic carbocycles. The fourth-order valence-electron chi connectivity index (χ4n) is 2.18. The zero-order chi connectivity index (χ0) is 15.2. The smallest absolute Gasteiger partial charge is 0.133 e. The molecular weight excluding hydrogens is 288 g/mol. The molecule has 0 radical (unpaired) electrons. The number of thioether (sulfide) groups is 1. The Kier molecular flexibility index (Phi) is 5.76. The van der Waals surface area contributed by atoms with E-state index in [9.17, 15) is 8.78 Å². The Labute approximate surface area is 128 Å². The van der Waals surface area contributed by atoms with Gasteiger partial charge in [-0.3, -0.25) is 0 Å². The van der Waals surface area contributed by atoms with Crippen molar-refractivity contribution in [3.8, 4) is 0 Å². The van der Waals surface area contributed by atoms with E-state index in [4.69, 9.17) is 0 Å². The molecule has 1 unspecified atom stereocenters. The molecule has 0 aliphatic rings. The van der Waals surface area contributed by atoms with Crippen LogP contribution in [0.2, 0.25) is 0 Å². The van der Waals surface area contributed by atoms with Crippen LogP contribution in [0.5, 0.6) is 0 Å². The van der Waals surface area contributed by atoms with Crippen LogP contribution in [0.1, 0.15) is 24.1 Å². The third kappa shape index (κ3) is 4.05. The van der Waals surface area contributed by atoms with E-state index in [-0.39, 0.29) is 11.6 Å². The molecule has 0 aliphatic carbocycles. The van der Waals surface area contributed by atoms with E-state index in [1.807, 2.05) is 37.3 Å². The fraction of sp³-hybridized carbons (Fsp3) is 0.294. The zero-order valence-electron chi connectivity index (χ0n) is 12.2. The normalized spacial score (nSPS) is 12.4. The maximum absolute atomic E-state index is 14.3. The van der Waals surface area contributed by atoms with Gasteiger partial charge in [0.1, 0.15) is 11.6 Å². The molecule has 1 atom stereocenters. The highest BCUT2D eigenvalue weighted by Crippen LogP contribution is 2.29. The molecule has 0 fully saturated rings. The maximum Gasteiger partial charge on any atom is 0.133 e. The first-order valence-electron chi connectivity index (χ1n) is 6.99. The maximum atomic E-state index is 14.3. The van der Waals surface area contributed by atoms with Gasteiger partial charge >= 0.3 is 0 Å². The van der Waals surface area contributed by atoms with Crippen molar-refractivity contribution in [3.05, 3.63) is 65.2 Å². The second-order valence-corrected chi connectivity index (χ2v) is 5.92. The van der Waals surface area contributed by atoms with E-state index in [1.54, 1.807) is 18.7 Å². The molecule has 0 amide bonds. The number of benzene rings is 2. The highest BCUT2D eigenvalue weighted by Gasteiger charge is 2.21. The van der Waals surface area contributed by atoms with Crippen LogP contribution in [-0.4, -0.2) is 12.3 Å². The van der Waals surface area contributed by atoms with E-state index < -0.39 is 11.6 Å². The second kappa shape index (κ2) is 7.57. The summed E-state index contributed by atoms with van der Waals surface area (Å²) in [5.41, 5.74) is 0.610. The quantitative estimate of drug-likeness (QED) is 0.775. The van der Waals surface area contributed by atoms with Gasteiger partial charge < -0.3 is 5.32 Å². The van der Waals surface area contributed by atoms with Crippen molar-refractivity contribution < 1.29 is 8.78 Å². The topological polar surface area (TPSA) is 12.0 Å². The molecule has 0 saturated carbocycles. The van der Waals surface area contributed by atoms with Crippen molar-refractivity contribution in [2.45, 2.75) is 24.8 Å². The SMILES string of the molecule is CCNC(CSc1ccccc1)c1c(F)ccc(C)c1F. The summed E-state index contributed by atoms with van der Waals surface area (Å²) in [5, 5.41) is 3.18. The molecular formula is C17H19F2NS. The highest BCUT2D eigenvalue weighted by atomic mass is 32.2. The average Bonchev–Trinajstić information content (AvgIpc) is 2.50. The standard InChI is InChI=1S/C17H19F2NS/c1-3-20-15(11-21-13-7-5-4-6-8-13)16-14(18)10-9-12(2)17(16)19/h4-10,15,20H,3,11H2,1-2H3. The highest BCUT2D eigenvalue weighted by molar-refractivity contribution is 7.99. The molecule has 0 spiro atoms. The lowest BCUT2D eigenvalue weighted by Crippen LogP contribution is -2.25. The number of hydrogen-bond acceptors (Lipinski definition) is 2. The van der Waals surface area contributed by atoms with E-state index in [2.05, 4.69) is 5.32 Å². The summed E-state index contributed by atoms with van der Waals surface area (Å²) in [6, 6.07) is 12.3. The van der Waals surface area contributed by atoms with Crippen molar-refractivity contribution in [1.29, 1.82) is 0 Å². The van der Waals surface area contributed by atoms with Gasteiger partial charge in [-0.25, -0.2) is 8.78 Å². The van der Waals surface area contributed by atoms with Crippen LogP contribution >= 0.6 is 11.8 Å². The molecule has 4 heteroatoms. The van der Waals surface area contributed by atoms with Crippen LogP contribution in [0.15, 0.2) is 47.4 Å². The summed E-state index contributed by atoms with van der Waals surface area (Å²) in [7, 11) is 0. The molecule has 0 bridgehead atoms. The summed E-state index contributed by atoms with van der Waals surface area (Å²) in [6.07, 6.45) is 0. The Balaban J connectivity index is 2.21. The Morgan fingerprint density at radius 1 is 1.10 bits per heavy atom. The molecule has 0 saturated heterocycles. The Morgan fingerprint density at radius 2 is 1.81 bits per heavy atom. The first-order chi connectivity index (χ1) is 10.1. The Morgan fingerprint density at radius 3 is 2.48 bits per heavy atom. The molecule has 2 aromatic rings. The van der Waals surface area contributed by atoms with E-state index >= 15 is 0 Å². The monoisotopic (exact) mass is 307 g/mol. The average molecular weight is 307 g/mol. The Hall–Kier alpha value is -1.39. The van der Waals surface area contributed by atoms with E-state index in [0.29, 0.717) is 17.9 Å². The Bertz CT molecular complexity index is 587. The summed E-state index contributed by atoms with van der Waals surface area (Å²) in [4.78, 5) is 1.09. The molecule has 1 N–H and O–H groups in total. The van der Waals surface area contributed by atoms with Crippen LogP contribution in [0, 0.1) is 18.6 Å². The number of halogens is 2. The van der Waals surface area contributed by atoms with Crippen LogP contribution in [0.3, 0.4) is 0 Å². The first kappa shape index (κ1) is 16.0. The van der Waals surface area contributed by atoms with Crippen molar-refractivity contribution >= 4 is 11.8 Å². The number of hydrogen-bond donors (Lipinski definition) is 1. The van der Waals surface area contributed by atoms with Gasteiger partial charge in [-0.1, -0.05) is 31.2 Å².